The predicted molar refractivity (Wildman–Crippen MR) is 129 cm³/mol. The van der Waals surface area contributed by atoms with Crippen LogP contribution in [0.5, 0.6) is 0 Å². The van der Waals surface area contributed by atoms with Gasteiger partial charge in [0.1, 0.15) is 0 Å². The van der Waals surface area contributed by atoms with Crippen molar-refractivity contribution in [1.82, 2.24) is 9.21 Å². The summed E-state index contributed by atoms with van der Waals surface area (Å²) >= 11 is 0. The number of piperazine rings is 1. The molecule has 7 nitrogen and oxygen atoms in total. The molecule has 0 saturated carbocycles. The van der Waals surface area contributed by atoms with Crippen LogP contribution in [-0.4, -0.2) is 62.8 Å². The molecule has 2 aromatic rings. The van der Waals surface area contributed by atoms with E-state index in [1.807, 2.05) is 48.2 Å². The van der Waals surface area contributed by atoms with Crippen LogP contribution in [0.4, 0.5) is 5.69 Å². The number of sulfonamides is 1. The summed E-state index contributed by atoms with van der Waals surface area (Å²) in [5, 5.41) is 8.99. The Morgan fingerprint density at radius 1 is 1.03 bits per heavy atom. The van der Waals surface area contributed by atoms with Crippen LogP contribution < -0.4 is 4.90 Å². The number of anilines is 1. The van der Waals surface area contributed by atoms with Gasteiger partial charge in [-0.2, -0.15) is 9.57 Å². The molecule has 176 valence electrons. The van der Waals surface area contributed by atoms with Gasteiger partial charge in [0.15, 0.2) is 0 Å². The van der Waals surface area contributed by atoms with Gasteiger partial charge >= 0.3 is 0 Å². The molecule has 0 spiro atoms. The van der Waals surface area contributed by atoms with Crippen molar-refractivity contribution in [3.63, 3.8) is 0 Å². The minimum absolute atomic E-state index is 0.0862. The van der Waals surface area contributed by atoms with E-state index in [0.29, 0.717) is 37.6 Å². The Bertz CT molecular complexity index is 1070. The molecule has 2 aromatic carbocycles. The zero-order valence-corrected chi connectivity index (χ0v) is 20.2. The SMILES string of the molecule is CCCc1ccc(S(=O)(=O)N2CCN(CC(=O)N(CCC#N)c3ccc(C)cc3)CC2)cc1. The van der Waals surface area contributed by atoms with Gasteiger partial charge in [-0.3, -0.25) is 9.69 Å². The summed E-state index contributed by atoms with van der Waals surface area (Å²) < 4.78 is 27.5. The Morgan fingerprint density at radius 3 is 2.24 bits per heavy atom. The standard InChI is InChI=1S/C25H32N4O3S/c1-3-5-22-8-12-24(13-9-22)33(31,32)28-18-16-27(17-19-28)20-25(30)29(15-4-14-26)23-10-6-21(2)7-11-23/h6-13H,3-5,15-20H2,1-2H3. The molecular formula is C25H32N4O3S. The van der Waals surface area contributed by atoms with Crippen molar-refractivity contribution < 1.29 is 13.2 Å². The van der Waals surface area contributed by atoms with Crippen molar-refractivity contribution in [2.24, 2.45) is 0 Å². The van der Waals surface area contributed by atoms with Crippen LogP contribution in [0.1, 0.15) is 30.9 Å². The van der Waals surface area contributed by atoms with Gasteiger partial charge in [-0.25, -0.2) is 8.42 Å². The predicted octanol–water partition coefficient (Wildman–Crippen LogP) is 3.20. The second-order valence-electron chi connectivity index (χ2n) is 8.36. The van der Waals surface area contributed by atoms with Gasteiger partial charge in [0, 0.05) is 38.4 Å². The summed E-state index contributed by atoms with van der Waals surface area (Å²) in [5.74, 6) is -0.0862. The number of aryl methyl sites for hydroxylation is 2. The molecule has 0 bridgehead atoms. The first-order valence-corrected chi connectivity index (χ1v) is 12.8. The number of benzene rings is 2. The number of amides is 1. The fourth-order valence-electron chi connectivity index (χ4n) is 3.95. The summed E-state index contributed by atoms with van der Waals surface area (Å²) in [5.41, 5.74) is 3.01. The molecule has 0 aliphatic carbocycles. The average molecular weight is 469 g/mol. The molecule has 1 heterocycles. The lowest BCUT2D eigenvalue weighted by Gasteiger charge is -2.34. The van der Waals surface area contributed by atoms with Crippen molar-refractivity contribution in [2.45, 2.75) is 38.0 Å². The fourth-order valence-corrected chi connectivity index (χ4v) is 5.38. The fraction of sp³-hybridized carbons (Fsp3) is 0.440. The third kappa shape index (κ3) is 6.41. The Morgan fingerprint density at radius 2 is 1.67 bits per heavy atom. The molecule has 0 radical (unpaired) electrons. The van der Waals surface area contributed by atoms with Crippen molar-refractivity contribution in [3.8, 4) is 6.07 Å². The van der Waals surface area contributed by atoms with E-state index >= 15 is 0 Å². The zero-order valence-electron chi connectivity index (χ0n) is 19.4. The molecule has 8 heteroatoms. The molecule has 1 saturated heterocycles. The van der Waals surface area contributed by atoms with Crippen molar-refractivity contribution >= 4 is 21.6 Å². The lowest BCUT2D eigenvalue weighted by atomic mass is 10.1. The van der Waals surface area contributed by atoms with Crippen LogP contribution in [0.3, 0.4) is 0 Å². The van der Waals surface area contributed by atoms with E-state index in [9.17, 15) is 13.2 Å². The Hall–Kier alpha value is -2.73. The van der Waals surface area contributed by atoms with Gasteiger partial charge in [0.05, 0.1) is 23.9 Å². The van der Waals surface area contributed by atoms with Crippen LogP contribution in [-0.2, 0) is 21.2 Å². The molecule has 1 fully saturated rings. The molecule has 1 aliphatic heterocycles. The van der Waals surface area contributed by atoms with E-state index < -0.39 is 10.0 Å². The molecule has 0 unspecified atom stereocenters. The van der Waals surface area contributed by atoms with Gasteiger partial charge in [0.25, 0.3) is 0 Å². The lowest BCUT2D eigenvalue weighted by Crippen LogP contribution is -2.51. The highest BCUT2D eigenvalue weighted by Gasteiger charge is 2.30. The van der Waals surface area contributed by atoms with Crippen molar-refractivity contribution in [3.05, 3.63) is 59.7 Å². The molecule has 1 amide bonds. The first-order chi connectivity index (χ1) is 15.8. The molecule has 33 heavy (non-hydrogen) atoms. The molecular weight excluding hydrogens is 436 g/mol. The summed E-state index contributed by atoms with van der Waals surface area (Å²) in [6.07, 6.45) is 2.20. The summed E-state index contributed by atoms with van der Waals surface area (Å²) in [6, 6.07) is 16.9. The third-order valence-corrected chi connectivity index (χ3v) is 7.80. The van der Waals surface area contributed by atoms with Crippen LogP contribution in [0.25, 0.3) is 0 Å². The van der Waals surface area contributed by atoms with E-state index in [4.69, 9.17) is 5.26 Å². The number of carbonyl (C=O) groups excluding carboxylic acids is 1. The second-order valence-corrected chi connectivity index (χ2v) is 10.3. The monoisotopic (exact) mass is 468 g/mol. The number of nitrogens with zero attached hydrogens (tertiary/aromatic N) is 4. The zero-order chi connectivity index (χ0) is 23.8. The van der Waals surface area contributed by atoms with E-state index in [1.165, 1.54) is 4.31 Å². The molecule has 0 atom stereocenters. The summed E-state index contributed by atoms with van der Waals surface area (Å²) in [7, 11) is -3.55. The van der Waals surface area contributed by atoms with Gasteiger partial charge in [-0.1, -0.05) is 43.2 Å². The van der Waals surface area contributed by atoms with E-state index in [2.05, 4.69) is 13.0 Å². The topological polar surface area (TPSA) is 84.7 Å². The van der Waals surface area contributed by atoms with E-state index in [-0.39, 0.29) is 18.9 Å². The molecule has 1 aliphatic rings. The Labute approximate surface area is 197 Å². The summed E-state index contributed by atoms with van der Waals surface area (Å²) in [6.45, 7) is 6.26. The maximum absolute atomic E-state index is 13.0. The average Bonchev–Trinajstić information content (AvgIpc) is 2.81. The quantitative estimate of drug-likeness (QED) is 0.564. The van der Waals surface area contributed by atoms with Crippen LogP contribution >= 0.6 is 0 Å². The number of rotatable bonds is 9. The first-order valence-electron chi connectivity index (χ1n) is 11.4. The van der Waals surface area contributed by atoms with Crippen LogP contribution in [0.15, 0.2) is 53.4 Å². The normalized spacial score (nSPS) is 15.2. The molecule has 0 N–H and O–H groups in total. The first kappa shape index (κ1) is 24.9. The number of hydrogen-bond donors (Lipinski definition) is 0. The van der Waals surface area contributed by atoms with Crippen molar-refractivity contribution in [2.75, 3.05) is 44.2 Å². The van der Waals surface area contributed by atoms with Gasteiger partial charge in [-0.15, -0.1) is 0 Å². The molecule has 3 rings (SSSR count). The van der Waals surface area contributed by atoms with Crippen LogP contribution in [0, 0.1) is 18.3 Å². The van der Waals surface area contributed by atoms with Gasteiger partial charge in [0.2, 0.25) is 15.9 Å². The minimum atomic E-state index is -3.55. The largest absolute Gasteiger partial charge is 0.310 e. The minimum Gasteiger partial charge on any atom is -0.310 e. The Balaban J connectivity index is 1.60. The van der Waals surface area contributed by atoms with Gasteiger partial charge in [-0.05, 0) is 43.2 Å². The highest BCUT2D eigenvalue weighted by Crippen LogP contribution is 2.20. The third-order valence-electron chi connectivity index (χ3n) is 5.88. The van der Waals surface area contributed by atoms with Gasteiger partial charge < -0.3 is 4.90 Å². The smallest absolute Gasteiger partial charge is 0.243 e. The number of hydrogen-bond acceptors (Lipinski definition) is 5. The molecule has 0 aromatic heterocycles. The highest BCUT2D eigenvalue weighted by atomic mass is 32.2. The lowest BCUT2D eigenvalue weighted by molar-refractivity contribution is -0.120. The van der Waals surface area contributed by atoms with Crippen LogP contribution in [0.2, 0.25) is 0 Å². The number of carbonyl (C=O) groups is 1. The highest BCUT2D eigenvalue weighted by molar-refractivity contribution is 7.89. The Kier molecular flexibility index (Phi) is 8.61. The van der Waals surface area contributed by atoms with Crippen molar-refractivity contribution in [1.29, 1.82) is 5.26 Å². The van der Waals surface area contributed by atoms with E-state index in [0.717, 1.165) is 29.7 Å². The maximum atomic E-state index is 13.0. The number of nitriles is 1. The van der Waals surface area contributed by atoms with E-state index in [1.54, 1.807) is 17.0 Å². The summed E-state index contributed by atoms with van der Waals surface area (Å²) in [4.78, 5) is 17.0. The second kappa shape index (κ2) is 11.4. The maximum Gasteiger partial charge on any atom is 0.243 e.